The van der Waals surface area contributed by atoms with Gasteiger partial charge in [-0.15, -0.1) is 0 Å². The lowest BCUT2D eigenvalue weighted by Gasteiger charge is -2.17. The highest BCUT2D eigenvalue weighted by atomic mass is 35.5. The maximum atomic E-state index is 9.88. The van der Waals surface area contributed by atoms with E-state index in [0.29, 0.717) is 28.3 Å². The zero-order chi connectivity index (χ0) is 13.7. The van der Waals surface area contributed by atoms with Gasteiger partial charge in [0.25, 0.3) is 5.89 Å². The lowest BCUT2D eigenvalue weighted by molar-refractivity contribution is 0.371. The first-order valence-electron chi connectivity index (χ1n) is 7.03. The first-order valence-corrected chi connectivity index (χ1v) is 7.41. The molecule has 4 nitrogen and oxygen atoms in total. The normalized spacial score (nSPS) is 28.1. The number of aromatic hydroxyl groups is 1. The molecule has 1 aromatic carbocycles. The minimum Gasteiger partial charge on any atom is -0.507 e. The number of fused-ring (bicyclic) bond motifs is 2. The molecule has 2 aliphatic carbocycles. The highest BCUT2D eigenvalue weighted by molar-refractivity contribution is 6.30. The van der Waals surface area contributed by atoms with Crippen LogP contribution < -0.4 is 0 Å². The molecule has 3 unspecified atom stereocenters. The predicted molar refractivity (Wildman–Crippen MR) is 74.6 cm³/mol. The molecule has 0 aliphatic heterocycles. The molecule has 2 aliphatic rings. The molecular weight excluding hydrogens is 276 g/mol. The van der Waals surface area contributed by atoms with Crippen LogP contribution in [0.1, 0.15) is 37.4 Å². The number of benzene rings is 1. The van der Waals surface area contributed by atoms with E-state index in [0.717, 1.165) is 11.7 Å². The first-order chi connectivity index (χ1) is 9.70. The minimum absolute atomic E-state index is 0.109. The van der Waals surface area contributed by atoms with E-state index in [1.54, 1.807) is 18.2 Å². The van der Waals surface area contributed by atoms with Gasteiger partial charge in [0.2, 0.25) is 0 Å². The molecule has 2 saturated carbocycles. The van der Waals surface area contributed by atoms with Gasteiger partial charge in [-0.1, -0.05) is 23.2 Å². The lowest BCUT2D eigenvalue weighted by atomic mass is 9.88. The molecule has 1 N–H and O–H groups in total. The summed E-state index contributed by atoms with van der Waals surface area (Å²) in [5.74, 6) is 3.21. The van der Waals surface area contributed by atoms with Crippen LogP contribution >= 0.6 is 11.6 Å². The average molecular weight is 291 g/mol. The Bertz CT molecular complexity index is 655. The quantitative estimate of drug-likeness (QED) is 0.908. The van der Waals surface area contributed by atoms with Crippen LogP contribution in [0, 0.1) is 11.8 Å². The number of phenols is 1. The van der Waals surface area contributed by atoms with Crippen molar-refractivity contribution in [2.75, 3.05) is 0 Å². The molecule has 1 heterocycles. The Kier molecular flexibility index (Phi) is 2.74. The number of halogens is 1. The Morgan fingerprint density at radius 2 is 2.15 bits per heavy atom. The summed E-state index contributed by atoms with van der Waals surface area (Å²) in [5.41, 5.74) is 0.499. The average Bonchev–Trinajstić information content (AvgIpc) is 3.15. The van der Waals surface area contributed by atoms with Crippen molar-refractivity contribution >= 4 is 11.6 Å². The van der Waals surface area contributed by atoms with Gasteiger partial charge in [-0.2, -0.15) is 4.98 Å². The highest BCUT2D eigenvalue weighted by Gasteiger charge is 2.42. The predicted octanol–water partition coefficient (Wildman–Crippen LogP) is 4.00. The minimum atomic E-state index is 0.109. The Morgan fingerprint density at radius 3 is 2.90 bits per heavy atom. The third-order valence-corrected chi connectivity index (χ3v) is 4.94. The second-order valence-electron chi connectivity index (χ2n) is 5.90. The molecule has 4 rings (SSSR count). The van der Waals surface area contributed by atoms with Crippen molar-refractivity contribution < 1.29 is 9.63 Å². The Hall–Kier alpha value is -1.55. The third-order valence-electron chi connectivity index (χ3n) is 4.70. The van der Waals surface area contributed by atoms with Gasteiger partial charge in [0.05, 0.1) is 5.56 Å². The molecule has 0 amide bonds. The van der Waals surface area contributed by atoms with E-state index in [-0.39, 0.29) is 5.75 Å². The fourth-order valence-corrected chi connectivity index (χ4v) is 3.91. The van der Waals surface area contributed by atoms with Crippen LogP contribution in [0.25, 0.3) is 11.5 Å². The smallest absolute Gasteiger partial charge is 0.261 e. The number of nitrogens with zero attached hydrogens (tertiary/aromatic N) is 2. The summed E-state index contributed by atoms with van der Waals surface area (Å²) in [6, 6.07) is 4.82. The molecule has 104 valence electrons. The van der Waals surface area contributed by atoms with Crippen LogP contribution in [0.5, 0.6) is 5.75 Å². The van der Waals surface area contributed by atoms with Crippen LogP contribution in [0.4, 0.5) is 0 Å². The number of hydrogen-bond acceptors (Lipinski definition) is 4. The monoisotopic (exact) mass is 290 g/mol. The van der Waals surface area contributed by atoms with Gasteiger partial charge >= 0.3 is 0 Å². The second kappa shape index (κ2) is 4.48. The Labute approximate surface area is 121 Å². The molecule has 0 spiro atoms. The van der Waals surface area contributed by atoms with Crippen molar-refractivity contribution in [3.63, 3.8) is 0 Å². The van der Waals surface area contributed by atoms with E-state index in [9.17, 15) is 5.11 Å². The van der Waals surface area contributed by atoms with Crippen molar-refractivity contribution in [2.24, 2.45) is 11.8 Å². The van der Waals surface area contributed by atoms with E-state index < -0.39 is 0 Å². The maximum Gasteiger partial charge on any atom is 0.261 e. The molecule has 5 heteroatoms. The van der Waals surface area contributed by atoms with Crippen molar-refractivity contribution in [1.82, 2.24) is 10.1 Å². The van der Waals surface area contributed by atoms with Crippen LogP contribution in [-0.2, 0) is 0 Å². The van der Waals surface area contributed by atoms with E-state index in [1.807, 2.05) is 0 Å². The summed E-state index contributed by atoms with van der Waals surface area (Å²) in [4.78, 5) is 4.49. The fourth-order valence-electron chi connectivity index (χ4n) is 3.74. The van der Waals surface area contributed by atoms with E-state index >= 15 is 0 Å². The highest BCUT2D eigenvalue weighted by Crippen LogP contribution is 2.52. The van der Waals surface area contributed by atoms with E-state index in [4.69, 9.17) is 16.1 Å². The summed E-state index contributed by atoms with van der Waals surface area (Å²) in [7, 11) is 0. The summed E-state index contributed by atoms with van der Waals surface area (Å²) < 4.78 is 5.33. The zero-order valence-corrected chi connectivity index (χ0v) is 11.7. The first kappa shape index (κ1) is 12.2. The molecule has 2 bridgehead atoms. The zero-order valence-electron chi connectivity index (χ0n) is 10.9. The molecular formula is C15H15ClN2O2. The van der Waals surface area contributed by atoms with E-state index in [1.165, 1.54) is 25.7 Å². The van der Waals surface area contributed by atoms with Crippen LogP contribution in [0.3, 0.4) is 0 Å². The van der Waals surface area contributed by atoms with Crippen molar-refractivity contribution in [3.05, 3.63) is 29.0 Å². The number of phenolic OH excluding ortho intramolecular Hbond substituents is 1. The van der Waals surface area contributed by atoms with Gasteiger partial charge in [-0.25, -0.2) is 0 Å². The SMILES string of the molecule is Oc1ccc(Cl)cc1-c1nc(C2CC3CCC2C3)no1. The van der Waals surface area contributed by atoms with E-state index in [2.05, 4.69) is 10.1 Å². The van der Waals surface area contributed by atoms with Crippen molar-refractivity contribution in [3.8, 4) is 17.2 Å². The molecule has 0 saturated heterocycles. The molecule has 2 aromatic rings. The number of rotatable bonds is 2. The Morgan fingerprint density at radius 1 is 1.25 bits per heavy atom. The van der Waals surface area contributed by atoms with Crippen LogP contribution in [-0.4, -0.2) is 15.2 Å². The van der Waals surface area contributed by atoms with Gasteiger partial charge < -0.3 is 9.63 Å². The fraction of sp³-hybridized carbons (Fsp3) is 0.467. The maximum absolute atomic E-state index is 9.88. The van der Waals surface area contributed by atoms with Gasteiger partial charge in [0.1, 0.15) is 5.75 Å². The van der Waals surface area contributed by atoms with Gasteiger partial charge in [-0.05, 0) is 49.3 Å². The number of hydrogen-bond donors (Lipinski definition) is 1. The molecule has 3 atom stereocenters. The summed E-state index contributed by atoms with van der Waals surface area (Å²) in [6.45, 7) is 0. The van der Waals surface area contributed by atoms with Gasteiger partial charge in [0, 0.05) is 10.9 Å². The standard InChI is InChI=1S/C15H15ClN2O2/c16-10-3-4-13(19)12(7-10)15-17-14(18-20-15)11-6-8-1-2-9(11)5-8/h3-4,7-9,11,19H,1-2,5-6H2. The largest absolute Gasteiger partial charge is 0.507 e. The third kappa shape index (κ3) is 1.90. The topological polar surface area (TPSA) is 59.2 Å². The summed E-state index contributed by atoms with van der Waals surface area (Å²) >= 11 is 5.95. The lowest BCUT2D eigenvalue weighted by Crippen LogP contribution is -2.09. The molecule has 1 aromatic heterocycles. The van der Waals surface area contributed by atoms with Crippen LogP contribution in [0.15, 0.2) is 22.7 Å². The Balaban J connectivity index is 1.66. The van der Waals surface area contributed by atoms with Gasteiger partial charge in [0.15, 0.2) is 5.82 Å². The molecule has 20 heavy (non-hydrogen) atoms. The molecule has 0 radical (unpaired) electrons. The van der Waals surface area contributed by atoms with Crippen LogP contribution in [0.2, 0.25) is 5.02 Å². The summed E-state index contributed by atoms with van der Waals surface area (Å²) in [5, 5.41) is 14.5. The van der Waals surface area contributed by atoms with Crippen molar-refractivity contribution in [1.29, 1.82) is 0 Å². The summed E-state index contributed by atoms with van der Waals surface area (Å²) in [6.07, 6.45) is 5.10. The number of aromatic nitrogens is 2. The van der Waals surface area contributed by atoms with Gasteiger partial charge in [-0.3, -0.25) is 0 Å². The molecule has 2 fully saturated rings. The second-order valence-corrected chi connectivity index (χ2v) is 6.34. The van der Waals surface area contributed by atoms with Crippen molar-refractivity contribution in [2.45, 2.75) is 31.6 Å².